The molecule has 4 rings (SSSR count). The van der Waals surface area contributed by atoms with Gasteiger partial charge in [0.05, 0.1) is 24.1 Å². The van der Waals surface area contributed by atoms with Crippen LogP contribution in [0.15, 0.2) is 30.5 Å². The van der Waals surface area contributed by atoms with Crippen molar-refractivity contribution in [3.05, 3.63) is 42.1 Å². The minimum absolute atomic E-state index is 0.257. The quantitative estimate of drug-likeness (QED) is 0.415. The van der Waals surface area contributed by atoms with Gasteiger partial charge < -0.3 is 25.8 Å². The first-order valence-corrected chi connectivity index (χ1v) is 11.4. The van der Waals surface area contributed by atoms with Gasteiger partial charge in [0.15, 0.2) is 0 Å². The monoisotopic (exact) mass is 446 g/mol. The van der Waals surface area contributed by atoms with Crippen LogP contribution in [0.3, 0.4) is 0 Å². The lowest BCUT2D eigenvalue weighted by Crippen LogP contribution is -2.38. The van der Waals surface area contributed by atoms with E-state index in [0.29, 0.717) is 42.4 Å². The summed E-state index contributed by atoms with van der Waals surface area (Å²) < 4.78 is 33.9. The fourth-order valence-corrected chi connectivity index (χ4v) is 4.16. The maximum Gasteiger partial charge on any atom is 0.149 e. The van der Waals surface area contributed by atoms with E-state index in [2.05, 4.69) is 20.9 Å². The molecule has 2 aromatic rings. The van der Waals surface area contributed by atoms with Crippen molar-refractivity contribution in [2.45, 2.75) is 56.2 Å². The second-order valence-corrected chi connectivity index (χ2v) is 8.96. The molecule has 0 amide bonds. The lowest BCUT2D eigenvalue weighted by atomic mass is 9.91. The first-order chi connectivity index (χ1) is 15.5. The van der Waals surface area contributed by atoms with Gasteiger partial charge in [-0.2, -0.15) is 0 Å². The smallest absolute Gasteiger partial charge is 0.149 e. The van der Waals surface area contributed by atoms with Crippen molar-refractivity contribution in [1.29, 1.82) is 0 Å². The molecular formula is C24H32F2N4O2. The van der Waals surface area contributed by atoms with Gasteiger partial charge in [-0.1, -0.05) is 6.07 Å². The van der Waals surface area contributed by atoms with Crippen LogP contribution >= 0.6 is 0 Å². The molecule has 0 saturated heterocycles. The summed E-state index contributed by atoms with van der Waals surface area (Å²) in [5, 5.41) is 19.9. The number of hydrogen-bond donors (Lipinski definition) is 4. The normalized spacial score (nSPS) is 21.9. The van der Waals surface area contributed by atoms with E-state index in [4.69, 9.17) is 4.74 Å². The highest BCUT2D eigenvalue weighted by molar-refractivity contribution is 5.71. The molecule has 1 heterocycles. The molecule has 2 fully saturated rings. The maximum atomic E-state index is 14.6. The third-order valence-corrected chi connectivity index (χ3v) is 6.39. The second-order valence-electron chi connectivity index (χ2n) is 8.96. The maximum absolute atomic E-state index is 14.6. The molecule has 2 saturated carbocycles. The largest absolute Gasteiger partial charge is 0.388 e. The number of rotatable bonds is 10. The minimum atomic E-state index is -0.750. The van der Waals surface area contributed by atoms with E-state index in [0.717, 1.165) is 32.2 Å². The lowest BCUT2D eigenvalue weighted by Gasteiger charge is -2.30. The van der Waals surface area contributed by atoms with Crippen LogP contribution in [0.25, 0.3) is 11.1 Å². The number of halogens is 2. The molecule has 1 aromatic carbocycles. The lowest BCUT2D eigenvalue weighted by molar-refractivity contribution is 0.164. The fraction of sp³-hybridized carbons (Fsp3) is 0.542. The van der Waals surface area contributed by atoms with E-state index in [1.807, 2.05) is 0 Å². The summed E-state index contributed by atoms with van der Waals surface area (Å²) in [7, 11) is 1.70. The zero-order valence-corrected chi connectivity index (χ0v) is 18.5. The van der Waals surface area contributed by atoms with Gasteiger partial charge in [0.2, 0.25) is 0 Å². The molecule has 2 aliphatic carbocycles. The number of ether oxygens (including phenoxy) is 1. The number of anilines is 2. The molecule has 1 aromatic heterocycles. The Morgan fingerprint density at radius 1 is 1.09 bits per heavy atom. The Labute approximate surface area is 187 Å². The van der Waals surface area contributed by atoms with Gasteiger partial charge in [0.1, 0.15) is 17.5 Å². The topological polar surface area (TPSA) is 78.4 Å². The highest BCUT2D eigenvalue weighted by atomic mass is 19.1. The number of nitrogens with one attached hydrogen (secondary N) is 3. The summed E-state index contributed by atoms with van der Waals surface area (Å²) in [6.45, 7) is 1.85. The molecule has 2 aliphatic rings. The third kappa shape index (κ3) is 5.94. The Bertz CT molecular complexity index is 915. The SMILES string of the molecule is COCCNC1CCC(Nc2cc(-c3ccc(F)c(NCC4(O)CC4)c3)c(F)cn2)CC1. The van der Waals surface area contributed by atoms with Gasteiger partial charge in [-0.05, 0) is 62.3 Å². The van der Waals surface area contributed by atoms with Crippen LogP contribution in [0.4, 0.5) is 20.3 Å². The summed E-state index contributed by atoms with van der Waals surface area (Å²) >= 11 is 0. The molecule has 4 N–H and O–H groups in total. The number of aliphatic hydroxyl groups is 1. The highest BCUT2D eigenvalue weighted by Gasteiger charge is 2.40. The van der Waals surface area contributed by atoms with Gasteiger partial charge in [-0.25, -0.2) is 13.8 Å². The van der Waals surface area contributed by atoms with E-state index in [-0.39, 0.29) is 18.3 Å². The summed E-state index contributed by atoms with van der Waals surface area (Å²) in [5.41, 5.74) is 0.434. The highest BCUT2D eigenvalue weighted by Crippen LogP contribution is 2.36. The van der Waals surface area contributed by atoms with Crippen molar-refractivity contribution in [2.24, 2.45) is 0 Å². The Kier molecular flexibility index (Phi) is 7.23. The van der Waals surface area contributed by atoms with Gasteiger partial charge >= 0.3 is 0 Å². The number of aromatic nitrogens is 1. The van der Waals surface area contributed by atoms with E-state index in [1.54, 1.807) is 25.3 Å². The number of nitrogens with zero attached hydrogens (tertiary/aromatic N) is 1. The molecule has 0 spiro atoms. The van der Waals surface area contributed by atoms with Crippen molar-refractivity contribution in [3.8, 4) is 11.1 Å². The molecule has 0 aliphatic heterocycles. The standard InChI is InChI=1S/C24H32F2N4O2/c1-32-11-10-27-17-3-5-18(6-4-17)30-23-13-19(21(26)14-28-23)16-2-7-20(25)22(12-16)29-15-24(31)8-9-24/h2,7,12-14,17-18,27,29,31H,3-6,8-11,15H2,1H3,(H,28,30). The molecule has 6 nitrogen and oxygen atoms in total. The van der Waals surface area contributed by atoms with Crippen LogP contribution in [0.1, 0.15) is 38.5 Å². The van der Waals surface area contributed by atoms with Crippen LogP contribution in [0.5, 0.6) is 0 Å². The molecule has 174 valence electrons. The minimum Gasteiger partial charge on any atom is -0.388 e. The Morgan fingerprint density at radius 3 is 2.56 bits per heavy atom. The zero-order chi connectivity index (χ0) is 22.6. The van der Waals surface area contributed by atoms with Crippen LogP contribution < -0.4 is 16.0 Å². The van der Waals surface area contributed by atoms with E-state index >= 15 is 0 Å². The molecule has 0 radical (unpaired) electrons. The Hall–Kier alpha value is -2.29. The van der Waals surface area contributed by atoms with Gasteiger partial charge in [0, 0.05) is 37.8 Å². The first kappa shape index (κ1) is 22.9. The van der Waals surface area contributed by atoms with Gasteiger partial charge in [-0.3, -0.25) is 0 Å². The average molecular weight is 447 g/mol. The average Bonchev–Trinajstić information content (AvgIpc) is 3.53. The molecule has 0 atom stereocenters. The summed E-state index contributed by atoms with van der Waals surface area (Å²) in [5.74, 6) is -0.273. The third-order valence-electron chi connectivity index (χ3n) is 6.39. The molecule has 0 unspecified atom stereocenters. The Balaban J connectivity index is 1.40. The van der Waals surface area contributed by atoms with Crippen molar-refractivity contribution in [1.82, 2.24) is 10.3 Å². The molecule has 0 bridgehead atoms. The molecule has 8 heteroatoms. The summed E-state index contributed by atoms with van der Waals surface area (Å²) in [6, 6.07) is 6.93. The van der Waals surface area contributed by atoms with Crippen LogP contribution in [-0.4, -0.2) is 54.6 Å². The number of hydrogen-bond acceptors (Lipinski definition) is 6. The van der Waals surface area contributed by atoms with Crippen molar-refractivity contribution >= 4 is 11.5 Å². The zero-order valence-electron chi connectivity index (χ0n) is 18.5. The van der Waals surface area contributed by atoms with E-state index in [9.17, 15) is 13.9 Å². The molecular weight excluding hydrogens is 414 g/mol. The second kappa shape index (κ2) is 10.1. The number of pyridine rings is 1. The van der Waals surface area contributed by atoms with Crippen molar-refractivity contribution < 1.29 is 18.6 Å². The van der Waals surface area contributed by atoms with Gasteiger partial charge in [0.25, 0.3) is 0 Å². The number of methoxy groups -OCH3 is 1. The number of benzene rings is 1. The van der Waals surface area contributed by atoms with Gasteiger partial charge in [-0.15, -0.1) is 0 Å². The van der Waals surface area contributed by atoms with Crippen LogP contribution in [0.2, 0.25) is 0 Å². The summed E-state index contributed by atoms with van der Waals surface area (Å²) in [4.78, 5) is 4.21. The van der Waals surface area contributed by atoms with Crippen molar-refractivity contribution in [3.63, 3.8) is 0 Å². The van der Waals surface area contributed by atoms with Crippen LogP contribution in [0, 0.1) is 11.6 Å². The fourth-order valence-electron chi connectivity index (χ4n) is 4.16. The Morgan fingerprint density at radius 2 is 1.84 bits per heavy atom. The predicted molar refractivity (Wildman–Crippen MR) is 122 cm³/mol. The molecule has 32 heavy (non-hydrogen) atoms. The van der Waals surface area contributed by atoms with E-state index < -0.39 is 17.2 Å². The summed E-state index contributed by atoms with van der Waals surface area (Å²) in [6.07, 6.45) is 6.77. The first-order valence-electron chi connectivity index (χ1n) is 11.4. The predicted octanol–water partition coefficient (Wildman–Crippen LogP) is 3.92. The van der Waals surface area contributed by atoms with Crippen LogP contribution in [-0.2, 0) is 4.74 Å². The van der Waals surface area contributed by atoms with Crippen molar-refractivity contribution in [2.75, 3.05) is 37.4 Å². The van der Waals surface area contributed by atoms with E-state index in [1.165, 1.54) is 12.3 Å².